The highest BCUT2D eigenvalue weighted by Crippen LogP contribution is 2.20. The quantitative estimate of drug-likeness (QED) is 0.721. The van der Waals surface area contributed by atoms with E-state index in [9.17, 15) is 9.59 Å². The fourth-order valence-corrected chi connectivity index (χ4v) is 1.81. The van der Waals surface area contributed by atoms with Gasteiger partial charge in [0.25, 0.3) is 0 Å². The summed E-state index contributed by atoms with van der Waals surface area (Å²) in [6.45, 7) is 4.23. The largest absolute Gasteiger partial charge is 0.497 e. The number of aryl methyl sites for hydroxylation is 1. The van der Waals surface area contributed by atoms with Crippen molar-refractivity contribution in [3.8, 4) is 5.75 Å². The number of ether oxygens (including phenoxy) is 1. The normalized spacial score (nSPS) is 11.6. The fourth-order valence-electron chi connectivity index (χ4n) is 1.81. The van der Waals surface area contributed by atoms with Crippen LogP contribution in [0.15, 0.2) is 18.2 Å². The molecule has 21 heavy (non-hydrogen) atoms. The molecule has 0 bridgehead atoms. The third-order valence-electron chi connectivity index (χ3n) is 3.14. The van der Waals surface area contributed by atoms with Crippen molar-refractivity contribution in [1.82, 2.24) is 5.32 Å². The first-order chi connectivity index (χ1) is 9.92. The van der Waals surface area contributed by atoms with Gasteiger partial charge in [0.2, 0.25) is 0 Å². The van der Waals surface area contributed by atoms with Gasteiger partial charge in [0.1, 0.15) is 5.75 Å². The zero-order valence-corrected chi connectivity index (χ0v) is 12.6. The minimum Gasteiger partial charge on any atom is -0.497 e. The van der Waals surface area contributed by atoms with Gasteiger partial charge in [-0.2, -0.15) is 0 Å². The van der Waals surface area contributed by atoms with Gasteiger partial charge in [-0.15, -0.1) is 0 Å². The van der Waals surface area contributed by atoms with Crippen molar-refractivity contribution < 1.29 is 19.4 Å². The zero-order chi connectivity index (χ0) is 15.8. The molecule has 0 saturated carbocycles. The van der Waals surface area contributed by atoms with Crippen LogP contribution in [0.3, 0.4) is 0 Å². The molecule has 116 valence electrons. The Labute approximate surface area is 124 Å². The molecule has 0 heterocycles. The molecule has 1 aromatic rings. The Kier molecular flexibility index (Phi) is 6.52. The monoisotopic (exact) mass is 294 g/mol. The number of carboxylic acids is 1. The van der Waals surface area contributed by atoms with E-state index in [0.717, 1.165) is 11.3 Å². The number of aliphatic carboxylic acids is 1. The van der Waals surface area contributed by atoms with Gasteiger partial charge in [-0.25, -0.2) is 4.79 Å². The Hall–Kier alpha value is -2.24. The molecular weight excluding hydrogens is 272 g/mol. The topological polar surface area (TPSA) is 87.7 Å². The summed E-state index contributed by atoms with van der Waals surface area (Å²) in [7, 11) is 1.59. The van der Waals surface area contributed by atoms with E-state index in [-0.39, 0.29) is 18.4 Å². The molecule has 6 heteroatoms. The van der Waals surface area contributed by atoms with Crippen molar-refractivity contribution in [2.75, 3.05) is 19.0 Å². The van der Waals surface area contributed by atoms with Crippen molar-refractivity contribution in [2.24, 2.45) is 5.92 Å². The number of hydrogen-bond acceptors (Lipinski definition) is 3. The summed E-state index contributed by atoms with van der Waals surface area (Å²) >= 11 is 0. The molecule has 0 aliphatic heterocycles. The Balaban J connectivity index is 2.41. The van der Waals surface area contributed by atoms with Crippen molar-refractivity contribution in [2.45, 2.75) is 26.7 Å². The maximum atomic E-state index is 11.8. The molecule has 0 aliphatic carbocycles. The van der Waals surface area contributed by atoms with E-state index in [1.165, 1.54) is 0 Å². The predicted molar refractivity (Wildman–Crippen MR) is 80.8 cm³/mol. The Bertz CT molecular complexity index is 502. The number of carbonyl (C=O) groups is 2. The van der Waals surface area contributed by atoms with Gasteiger partial charge >= 0.3 is 12.0 Å². The molecule has 0 spiro atoms. The van der Waals surface area contributed by atoms with E-state index in [4.69, 9.17) is 9.84 Å². The standard InChI is InChI=1S/C15H22N2O4/c1-10(4-7-14(18)19)9-16-15(20)17-13-6-5-12(21-3)8-11(13)2/h5-6,8,10H,4,7,9H2,1-3H3,(H,18,19)(H2,16,17,20). The van der Waals surface area contributed by atoms with Crippen LogP contribution in [0, 0.1) is 12.8 Å². The van der Waals surface area contributed by atoms with Gasteiger partial charge in [0, 0.05) is 18.7 Å². The predicted octanol–water partition coefficient (Wildman–Crippen LogP) is 2.63. The molecule has 0 aliphatic rings. The number of amides is 2. The van der Waals surface area contributed by atoms with Crippen LogP contribution in [-0.4, -0.2) is 30.8 Å². The summed E-state index contributed by atoms with van der Waals surface area (Å²) in [6, 6.07) is 5.09. The second-order valence-electron chi connectivity index (χ2n) is 5.05. The van der Waals surface area contributed by atoms with E-state index < -0.39 is 5.97 Å². The fraction of sp³-hybridized carbons (Fsp3) is 0.467. The molecule has 2 amide bonds. The SMILES string of the molecule is COc1ccc(NC(=O)NCC(C)CCC(=O)O)c(C)c1. The van der Waals surface area contributed by atoms with E-state index >= 15 is 0 Å². The van der Waals surface area contributed by atoms with Crippen molar-refractivity contribution in [3.05, 3.63) is 23.8 Å². The third-order valence-corrected chi connectivity index (χ3v) is 3.14. The first kappa shape index (κ1) is 16.8. The molecule has 0 radical (unpaired) electrons. The summed E-state index contributed by atoms with van der Waals surface area (Å²) in [5.41, 5.74) is 1.62. The van der Waals surface area contributed by atoms with Crippen LogP contribution in [0.2, 0.25) is 0 Å². The number of urea groups is 1. The molecule has 1 unspecified atom stereocenters. The number of hydrogen-bond donors (Lipinski definition) is 3. The van der Waals surface area contributed by atoms with Crippen molar-refractivity contribution >= 4 is 17.7 Å². The third kappa shape index (κ3) is 6.16. The molecule has 0 saturated heterocycles. The average molecular weight is 294 g/mol. The van der Waals surface area contributed by atoms with Crippen LogP contribution in [0.25, 0.3) is 0 Å². The number of carbonyl (C=O) groups excluding carboxylic acids is 1. The maximum absolute atomic E-state index is 11.8. The molecule has 3 N–H and O–H groups in total. The van der Waals surface area contributed by atoms with Gasteiger partial charge < -0.3 is 20.5 Å². The van der Waals surface area contributed by atoms with Crippen molar-refractivity contribution in [3.63, 3.8) is 0 Å². The lowest BCUT2D eigenvalue weighted by Crippen LogP contribution is -2.32. The van der Waals surface area contributed by atoms with E-state index in [1.807, 2.05) is 19.9 Å². The number of rotatable bonds is 7. The number of nitrogens with one attached hydrogen (secondary N) is 2. The summed E-state index contributed by atoms with van der Waals surface area (Å²) in [5, 5.41) is 14.1. The second-order valence-corrected chi connectivity index (χ2v) is 5.05. The highest BCUT2D eigenvalue weighted by molar-refractivity contribution is 5.90. The lowest BCUT2D eigenvalue weighted by atomic mass is 10.1. The van der Waals surface area contributed by atoms with Crippen molar-refractivity contribution in [1.29, 1.82) is 0 Å². The minimum absolute atomic E-state index is 0.113. The molecule has 6 nitrogen and oxygen atoms in total. The van der Waals surface area contributed by atoms with Crippen LogP contribution < -0.4 is 15.4 Å². The number of benzene rings is 1. The lowest BCUT2D eigenvalue weighted by molar-refractivity contribution is -0.137. The maximum Gasteiger partial charge on any atom is 0.319 e. The highest BCUT2D eigenvalue weighted by atomic mass is 16.5. The molecule has 0 aromatic heterocycles. The van der Waals surface area contributed by atoms with Crippen LogP contribution in [0.1, 0.15) is 25.3 Å². The molecule has 1 rings (SSSR count). The Morgan fingerprint density at radius 2 is 2.10 bits per heavy atom. The van der Waals surface area contributed by atoms with Crippen LogP contribution >= 0.6 is 0 Å². The minimum atomic E-state index is -0.819. The highest BCUT2D eigenvalue weighted by Gasteiger charge is 2.09. The molecular formula is C15H22N2O4. The summed E-state index contributed by atoms with van der Waals surface area (Å²) in [5.74, 6) is 0.0322. The number of anilines is 1. The number of carboxylic acid groups (broad SMARTS) is 1. The van der Waals surface area contributed by atoms with Gasteiger partial charge in [-0.3, -0.25) is 4.79 Å². The second kappa shape index (κ2) is 8.14. The summed E-state index contributed by atoms with van der Waals surface area (Å²) in [6.07, 6.45) is 0.652. The van der Waals surface area contributed by atoms with Gasteiger partial charge in [0.05, 0.1) is 7.11 Å². The first-order valence-corrected chi connectivity index (χ1v) is 6.83. The molecule has 0 fully saturated rings. The first-order valence-electron chi connectivity index (χ1n) is 6.83. The van der Waals surface area contributed by atoms with E-state index in [2.05, 4.69) is 10.6 Å². The zero-order valence-electron chi connectivity index (χ0n) is 12.6. The number of methoxy groups -OCH3 is 1. The van der Waals surface area contributed by atoms with E-state index in [0.29, 0.717) is 18.7 Å². The Morgan fingerprint density at radius 3 is 2.67 bits per heavy atom. The summed E-state index contributed by atoms with van der Waals surface area (Å²) < 4.78 is 5.10. The Morgan fingerprint density at radius 1 is 1.38 bits per heavy atom. The smallest absolute Gasteiger partial charge is 0.319 e. The van der Waals surface area contributed by atoms with Crippen LogP contribution in [0.5, 0.6) is 5.75 Å². The van der Waals surface area contributed by atoms with Crippen LogP contribution in [-0.2, 0) is 4.79 Å². The average Bonchev–Trinajstić information content (AvgIpc) is 2.45. The molecule has 1 atom stereocenters. The lowest BCUT2D eigenvalue weighted by Gasteiger charge is -2.14. The molecule has 1 aromatic carbocycles. The van der Waals surface area contributed by atoms with E-state index in [1.54, 1.807) is 19.2 Å². The van der Waals surface area contributed by atoms with Crippen LogP contribution in [0.4, 0.5) is 10.5 Å². The van der Waals surface area contributed by atoms with Gasteiger partial charge in [-0.1, -0.05) is 6.92 Å². The van der Waals surface area contributed by atoms with Gasteiger partial charge in [-0.05, 0) is 43.0 Å². The summed E-state index contributed by atoms with van der Waals surface area (Å²) in [4.78, 5) is 22.3. The van der Waals surface area contributed by atoms with Gasteiger partial charge in [0.15, 0.2) is 0 Å².